The van der Waals surface area contributed by atoms with Gasteiger partial charge in [-0.2, -0.15) is 13.2 Å². The summed E-state index contributed by atoms with van der Waals surface area (Å²) in [6.07, 6.45) is -4.59. The molecule has 0 saturated carbocycles. The molecule has 2 aromatic carbocycles. The highest BCUT2D eigenvalue weighted by Crippen LogP contribution is 2.27. The molecule has 2 rings (SSSR count). The van der Waals surface area contributed by atoms with Crippen molar-refractivity contribution in [3.8, 4) is 0 Å². The molecule has 2 aromatic rings. The molecule has 1 amide bonds. The maximum atomic E-state index is 13.1. The molecule has 0 radical (unpaired) electrons. The number of nitrogens with zero attached hydrogens (tertiary/aromatic N) is 1. The molecular formula is C18H19F3N2O3S. The molecule has 1 N–H and O–H groups in total. The SMILES string of the molecule is Cc1ccc(N([C@@H](C)C(=O)NCC(F)(F)F)S(=O)(=O)c2ccccc2)cc1. The highest BCUT2D eigenvalue weighted by Gasteiger charge is 2.35. The van der Waals surface area contributed by atoms with E-state index >= 15 is 0 Å². The van der Waals surface area contributed by atoms with Crippen LogP contribution >= 0.6 is 0 Å². The van der Waals surface area contributed by atoms with Crippen molar-refractivity contribution in [1.82, 2.24) is 5.32 Å². The fraction of sp³-hybridized carbons (Fsp3) is 0.278. The average Bonchev–Trinajstić information content (AvgIpc) is 2.61. The van der Waals surface area contributed by atoms with Gasteiger partial charge < -0.3 is 5.32 Å². The minimum absolute atomic E-state index is 0.0685. The number of nitrogens with one attached hydrogen (secondary N) is 1. The van der Waals surface area contributed by atoms with E-state index in [2.05, 4.69) is 0 Å². The van der Waals surface area contributed by atoms with Crippen LogP contribution in [0.15, 0.2) is 59.5 Å². The van der Waals surface area contributed by atoms with Crippen LogP contribution in [0.3, 0.4) is 0 Å². The van der Waals surface area contributed by atoms with E-state index in [9.17, 15) is 26.4 Å². The molecule has 5 nitrogen and oxygen atoms in total. The van der Waals surface area contributed by atoms with E-state index < -0.39 is 34.7 Å². The maximum absolute atomic E-state index is 13.1. The summed E-state index contributed by atoms with van der Waals surface area (Å²) >= 11 is 0. The summed E-state index contributed by atoms with van der Waals surface area (Å²) < 4.78 is 64.2. The summed E-state index contributed by atoms with van der Waals surface area (Å²) in [6.45, 7) is 1.51. The van der Waals surface area contributed by atoms with E-state index in [0.717, 1.165) is 9.87 Å². The lowest BCUT2D eigenvalue weighted by Gasteiger charge is -2.30. The molecule has 146 valence electrons. The summed E-state index contributed by atoms with van der Waals surface area (Å²) in [6, 6.07) is 12.3. The predicted molar refractivity (Wildman–Crippen MR) is 95.8 cm³/mol. The van der Waals surface area contributed by atoms with E-state index in [4.69, 9.17) is 0 Å². The molecule has 0 saturated heterocycles. The number of alkyl halides is 3. The van der Waals surface area contributed by atoms with E-state index in [1.807, 2.05) is 0 Å². The lowest BCUT2D eigenvalue weighted by Crippen LogP contribution is -2.49. The van der Waals surface area contributed by atoms with Gasteiger partial charge in [0.1, 0.15) is 12.6 Å². The lowest BCUT2D eigenvalue weighted by atomic mass is 10.2. The van der Waals surface area contributed by atoms with Gasteiger partial charge in [0.2, 0.25) is 5.91 Å². The van der Waals surface area contributed by atoms with Gasteiger partial charge in [0.05, 0.1) is 10.6 Å². The average molecular weight is 400 g/mol. The highest BCUT2D eigenvalue weighted by atomic mass is 32.2. The zero-order valence-corrected chi connectivity index (χ0v) is 15.5. The molecule has 0 bridgehead atoms. The van der Waals surface area contributed by atoms with Crippen LogP contribution in [0.1, 0.15) is 12.5 Å². The third kappa shape index (κ3) is 5.22. The Morgan fingerprint density at radius 1 is 1.07 bits per heavy atom. The van der Waals surface area contributed by atoms with Crippen LogP contribution in [-0.4, -0.2) is 33.1 Å². The number of rotatable bonds is 6. The minimum atomic E-state index is -4.59. The number of carbonyl (C=O) groups is 1. The molecule has 0 spiro atoms. The Morgan fingerprint density at radius 3 is 2.15 bits per heavy atom. The Morgan fingerprint density at radius 2 is 1.63 bits per heavy atom. The number of sulfonamides is 1. The van der Waals surface area contributed by atoms with Gasteiger partial charge in [-0.25, -0.2) is 8.42 Å². The number of aryl methyl sites for hydroxylation is 1. The third-order valence-electron chi connectivity index (χ3n) is 3.78. The van der Waals surface area contributed by atoms with Gasteiger partial charge in [-0.05, 0) is 38.1 Å². The summed E-state index contributed by atoms with van der Waals surface area (Å²) in [5.74, 6) is -1.05. The fourth-order valence-electron chi connectivity index (χ4n) is 2.41. The first kappa shape index (κ1) is 20.8. The molecule has 9 heteroatoms. The first-order valence-corrected chi connectivity index (χ1v) is 9.47. The van der Waals surface area contributed by atoms with Crippen molar-refractivity contribution >= 4 is 21.6 Å². The van der Waals surface area contributed by atoms with Crippen molar-refractivity contribution < 1.29 is 26.4 Å². The van der Waals surface area contributed by atoms with E-state index in [-0.39, 0.29) is 10.6 Å². The normalized spacial score (nSPS) is 13.1. The lowest BCUT2D eigenvalue weighted by molar-refractivity contribution is -0.138. The second-order valence-electron chi connectivity index (χ2n) is 5.96. The first-order valence-electron chi connectivity index (χ1n) is 8.03. The topological polar surface area (TPSA) is 66.5 Å². The molecular weight excluding hydrogens is 381 g/mol. The van der Waals surface area contributed by atoms with E-state index in [0.29, 0.717) is 0 Å². The van der Waals surface area contributed by atoms with Gasteiger partial charge in [-0.3, -0.25) is 9.10 Å². The Labute approximate surface area is 155 Å². The van der Waals surface area contributed by atoms with Crippen LogP contribution in [0.2, 0.25) is 0 Å². The Bertz CT molecular complexity index is 882. The van der Waals surface area contributed by atoms with Crippen LogP contribution in [0.25, 0.3) is 0 Å². The van der Waals surface area contributed by atoms with Gasteiger partial charge in [0.15, 0.2) is 0 Å². The monoisotopic (exact) mass is 400 g/mol. The van der Waals surface area contributed by atoms with Gasteiger partial charge in [-0.1, -0.05) is 35.9 Å². The predicted octanol–water partition coefficient (Wildman–Crippen LogP) is 3.26. The minimum Gasteiger partial charge on any atom is -0.345 e. The maximum Gasteiger partial charge on any atom is 0.405 e. The number of hydrogen-bond acceptors (Lipinski definition) is 3. The number of hydrogen-bond donors (Lipinski definition) is 1. The largest absolute Gasteiger partial charge is 0.405 e. The van der Waals surface area contributed by atoms with Gasteiger partial charge >= 0.3 is 6.18 Å². The quantitative estimate of drug-likeness (QED) is 0.810. The van der Waals surface area contributed by atoms with E-state index in [1.54, 1.807) is 30.4 Å². The number of benzene rings is 2. The van der Waals surface area contributed by atoms with Crippen molar-refractivity contribution in [2.45, 2.75) is 31.0 Å². The van der Waals surface area contributed by atoms with Crippen molar-refractivity contribution in [1.29, 1.82) is 0 Å². The van der Waals surface area contributed by atoms with Gasteiger partial charge in [-0.15, -0.1) is 0 Å². The zero-order chi connectivity index (χ0) is 20.2. The number of anilines is 1. The number of halogens is 3. The van der Waals surface area contributed by atoms with Gasteiger partial charge in [0, 0.05) is 0 Å². The van der Waals surface area contributed by atoms with Crippen LogP contribution < -0.4 is 9.62 Å². The summed E-state index contributed by atoms with van der Waals surface area (Å²) in [5.41, 5.74) is 1.05. The Balaban J connectivity index is 2.44. The summed E-state index contributed by atoms with van der Waals surface area (Å²) in [5, 5.41) is 1.74. The summed E-state index contributed by atoms with van der Waals surface area (Å²) in [7, 11) is -4.17. The fourth-order valence-corrected chi connectivity index (χ4v) is 4.05. The second-order valence-corrected chi connectivity index (χ2v) is 7.77. The smallest absolute Gasteiger partial charge is 0.345 e. The number of amides is 1. The molecule has 0 fully saturated rings. The number of carbonyl (C=O) groups excluding carboxylic acids is 1. The van der Waals surface area contributed by atoms with Crippen LogP contribution in [-0.2, 0) is 14.8 Å². The van der Waals surface area contributed by atoms with E-state index in [1.165, 1.54) is 43.3 Å². The first-order chi connectivity index (χ1) is 12.5. The standard InChI is InChI=1S/C18H19F3N2O3S/c1-13-8-10-15(11-9-13)23(14(2)17(24)22-12-18(19,20)21)27(25,26)16-6-4-3-5-7-16/h3-11,14H,12H2,1-2H3,(H,22,24)/t14-/m0/s1. The molecule has 0 aliphatic carbocycles. The van der Waals surface area contributed by atoms with Crippen molar-refractivity contribution in [2.24, 2.45) is 0 Å². The molecule has 0 aliphatic rings. The second kappa shape index (κ2) is 7.99. The van der Waals surface area contributed by atoms with Crippen LogP contribution in [0, 0.1) is 6.92 Å². The molecule has 0 heterocycles. The highest BCUT2D eigenvalue weighted by molar-refractivity contribution is 7.92. The molecule has 0 aliphatic heterocycles. The summed E-state index contributed by atoms with van der Waals surface area (Å²) in [4.78, 5) is 12.2. The van der Waals surface area contributed by atoms with Gasteiger partial charge in [0.25, 0.3) is 10.0 Å². The zero-order valence-electron chi connectivity index (χ0n) is 14.7. The molecule has 27 heavy (non-hydrogen) atoms. The van der Waals surface area contributed by atoms with Crippen molar-refractivity contribution in [3.63, 3.8) is 0 Å². The van der Waals surface area contributed by atoms with Crippen molar-refractivity contribution in [3.05, 3.63) is 60.2 Å². The van der Waals surface area contributed by atoms with Crippen molar-refractivity contribution in [2.75, 3.05) is 10.8 Å². The van der Waals surface area contributed by atoms with Crippen LogP contribution in [0.5, 0.6) is 0 Å². The Hall–Kier alpha value is -2.55. The van der Waals surface area contributed by atoms with Crippen LogP contribution in [0.4, 0.5) is 18.9 Å². The third-order valence-corrected chi connectivity index (χ3v) is 5.70. The molecule has 0 aromatic heterocycles. The molecule has 0 unspecified atom stereocenters. The Kier molecular flexibility index (Phi) is 6.15. The molecule has 1 atom stereocenters.